The van der Waals surface area contributed by atoms with Gasteiger partial charge < -0.3 is 10.6 Å². The first-order valence-corrected chi connectivity index (χ1v) is 11.2. The molecule has 0 aliphatic heterocycles. The predicted octanol–water partition coefficient (Wildman–Crippen LogP) is 3.85. The average Bonchev–Trinajstić information content (AvgIpc) is 3.26. The summed E-state index contributed by atoms with van der Waals surface area (Å²) in [5, 5.41) is 19.3. The molecule has 1 aliphatic carbocycles. The lowest BCUT2D eigenvalue weighted by Gasteiger charge is -2.31. The highest BCUT2D eigenvalue weighted by molar-refractivity contribution is 7.07. The molecular formula is C23H27N3O2S. The molecule has 1 fully saturated rings. The summed E-state index contributed by atoms with van der Waals surface area (Å²) in [6.07, 6.45) is 4.87. The minimum Gasteiger partial charge on any atom is -0.349 e. The smallest absolute Gasteiger partial charge is 0.251 e. The third-order valence-corrected chi connectivity index (χ3v) is 6.27. The summed E-state index contributed by atoms with van der Waals surface area (Å²) in [5.41, 5.74) is 2.84. The molecule has 2 unspecified atom stereocenters. The van der Waals surface area contributed by atoms with Crippen molar-refractivity contribution in [1.29, 1.82) is 5.26 Å². The number of rotatable bonds is 7. The molecule has 2 aromatic rings. The molecule has 0 saturated heterocycles. The summed E-state index contributed by atoms with van der Waals surface area (Å²) in [5.74, 6) is -0.591. The number of hydrogen-bond donors (Lipinski definition) is 2. The normalized spacial score (nSPS) is 19.7. The molecule has 152 valence electrons. The van der Waals surface area contributed by atoms with Gasteiger partial charge in [-0.25, -0.2) is 0 Å². The fourth-order valence-corrected chi connectivity index (χ4v) is 4.49. The van der Waals surface area contributed by atoms with Gasteiger partial charge in [0.05, 0.1) is 12.0 Å². The maximum atomic E-state index is 12.9. The number of amides is 2. The number of nitrogens with zero attached hydrogens (tertiary/aromatic N) is 1. The van der Waals surface area contributed by atoms with Crippen LogP contribution in [0.4, 0.5) is 0 Å². The van der Waals surface area contributed by atoms with Gasteiger partial charge in [0.1, 0.15) is 6.04 Å². The maximum absolute atomic E-state index is 12.9. The number of aryl methyl sites for hydroxylation is 1. The Hall–Kier alpha value is -2.65. The van der Waals surface area contributed by atoms with Crippen molar-refractivity contribution >= 4 is 23.2 Å². The van der Waals surface area contributed by atoms with Crippen LogP contribution in [0, 0.1) is 17.2 Å². The van der Waals surface area contributed by atoms with Crippen LogP contribution in [-0.4, -0.2) is 23.9 Å². The number of carbonyl (C=O) groups excluding carboxylic acids is 2. The van der Waals surface area contributed by atoms with Crippen molar-refractivity contribution < 1.29 is 9.59 Å². The SMILES string of the molecule is CCc1ccc(C(=O)NC2CCCCC2C(=O)N[C@H](C#N)Cc2ccsc2)cc1. The molecule has 29 heavy (non-hydrogen) atoms. The van der Waals surface area contributed by atoms with Crippen molar-refractivity contribution in [3.8, 4) is 6.07 Å². The van der Waals surface area contributed by atoms with Crippen molar-refractivity contribution in [3.63, 3.8) is 0 Å². The van der Waals surface area contributed by atoms with Gasteiger partial charge >= 0.3 is 0 Å². The fourth-order valence-electron chi connectivity index (χ4n) is 3.81. The van der Waals surface area contributed by atoms with Crippen LogP contribution < -0.4 is 10.6 Å². The Kier molecular flexibility index (Phi) is 7.42. The van der Waals surface area contributed by atoms with E-state index in [2.05, 4.69) is 23.6 Å². The lowest BCUT2D eigenvalue weighted by Crippen LogP contribution is -2.50. The summed E-state index contributed by atoms with van der Waals surface area (Å²) in [6, 6.07) is 11.0. The molecule has 1 aromatic carbocycles. The third-order valence-electron chi connectivity index (χ3n) is 5.54. The van der Waals surface area contributed by atoms with Crippen LogP contribution in [0.25, 0.3) is 0 Å². The largest absolute Gasteiger partial charge is 0.349 e. The van der Waals surface area contributed by atoms with Gasteiger partial charge in [0.2, 0.25) is 5.91 Å². The molecule has 6 heteroatoms. The van der Waals surface area contributed by atoms with Crippen LogP contribution in [0.1, 0.15) is 54.1 Å². The van der Waals surface area contributed by atoms with E-state index in [1.165, 1.54) is 5.56 Å². The number of benzene rings is 1. The van der Waals surface area contributed by atoms with Crippen molar-refractivity contribution in [2.45, 2.75) is 57.5 Å². The van der Waals surface area contributed by atoms with Crippen LogP contribution >= 0.6 is 11.3 Å². The number of carbonyl (C=O) groups is 2. The van der Waals surface area contributed by atoms with Gasteiger partial charge in [-0.3, -0.25) is 9.59 Å². The van der Waals surface area contributed by atoms with Crippen molar-refractivity contribution in [2.24, 2.45) is 5.92 Å². The van der Waals surface area contributed by atoms with Crippen LogP contribution in [0.15, 0.2) is 41.1 Å². The minimum atomic E-state index is -0.558. The second kappa shape index (κ2) is 10.2. The highest BCUT2D eigenvalue weighted by Crippen LogP contribution is 2.25. The van der Waals surface area contributed by atoms with Crippen LogP contribution in [0.3, 0.4) is 0 Å². The van der Waals surface area contributed by atoms with E-state index in [0.29, 0.717) is 12.0 Å². The molecule has 1 aliphatic rings. The molecule has 5 nitrogen and oxygen atoms in total. The van der Waals surface area contributed by atoms with E-state index in [1.54, 1.807) is 11.3 Å². The maximum Gasteiger partial charge on any atom is 0.251 e. The van der Waals surface area contributed by atoms with Gasteiger partial charge in [-0.2, -0.15) is 16.6 Å². The van der Waals surface area contributed by atoms with Crippen LogP contribution in [-0.2, 0) is 17.6 Å². The van der Waals surface area contributed by atoms with Gasteiger partial charge in [-0.15, -0.1) is 0 Å². The Morgan fingerprint density at radius 3 is 2.59 bits per heavy atom. The minimum absolute atomic E-state index is 0.141. The molecule has 0 spiro atoms. The standard InChI is InChI=1S/C23H27N3O2S/c1-2-16-7-9-18(10-8-16)22(27)26-21-6-4-3-5-20(21)23(28)25-19(14-24)13-17-11-12-29-15-17/h7-12,15,19-21H,2-6,13H2,1H3,(H,25,28)(H,26,27)/t19-,20?,21?/m0/s1. The van der Waals surface area contributed by atoms with E-state index >= 15 is 0 Å². The zero-order valence-corrected chi connectivity index (χ0v) is 17.5. The first-order chi connectivity index (χ1) is 14.1. The van der Waals surface area contributed by atoms with Gasteiger partial charge in [0.15, 0.2) is 0 Å². The number of nitrogens with one attached hydrogen (secondary N) is 2. The summed E-state index contributed by atoms with van der Waals surface area (Å²) < 4.78 is 0. The molecular weight excluding hydrogens is 382 g/mol. The quantitative estimate of drug-likeness (QED) is 0.729. The summed E-state index contributed by atoms with van der Waals surface area (Å²) in [6.45, 7) is 2.08. The van der Waals surface area contributed by atoms with Crippen LogP contribution in [0.2, 0.25) is 0 Å². The lowest BCUT2D eigenvalue weighted by atomic mass is 9.83. The number of nitriles is 1. The Morgan fingerprint density at radius 2 is 1.93 bits per heavy atom. The summed E-state index contributed by atoms with van der Waals surface area (Å²) >= 11 is 1.58. The molecule has 1 saturated carbocycles. The van der Waals surface area contributed by atoms with Gasteiger partial charge in [-0.1, -0.05) is 31.9 Å². The van der Waals surface area contributed by atoms with Gasteiger partial charge in [0.25, 0.3) is 5.91 Å². The molecule has 2 N–H and O–H groups in total. The summed E-state index contributed by atoms with van der Waals surface area (Å²) in [4.78, 5) is 25.6. The van der Waals surface area contributed by atoms with E-state index in [0.717, 1.165) is 37.7 Å². The predicted molar refractivity (Wildman–Crippen MR) is 115 cm³/mol. The molecule has 0 radical (unpaired) electrons. The molecule has 1 aromatic heterocycles. The van der Waals surface area contributed by atoms with Gasteiger partial charge in [0, 0.05) is 18.0 Å². The number of hydrogen-bond acceptors (Lipinski definition) is 4. The van der Waals surface area contributed by atoms with Crippen molar-refractivity contribution in [1.82, 2.24) is 10.6 Å². The molecule has 2 amide bonds. The Morgan fingerprint density at radius 1 is 1.17 bits per heavy atom. The van der Waals surface area contributed by atoms with Gasteiger partial charge in [-0.05, 0) is 59.3 Å². The Bertz CT molecular complexity index is 855. The fraction of sp³-hybridized carbons (Fsp3) is 0.435. The number of thiophene rings is 1. The highest BCUT2D eigenvalue weighted by atomic mass is 32.1. The molecule has 3 rings (SSSR count). The Balaban J connectivity index is 1.62. The zero-order valence-electron chi connectivity index (χ0n) is 16.7. The zero-order chi connectivity index (χ0) is 20.6. The topological polar surface area (TPSA) is 82.0 Å². The Labute approximate surface area is 176 Å². The lowest BCUT2D eigenvalue weighted by molar-refractivity contribution is -0.127. The van der Waals surface area contributed by atoms with E-state index in [4.69, 9.17) is 0 Å². The molecule has 0 bridgehead atoms. The first-order valence-electron chi connectivity index (χ1n) is 10.2. The second-order valence-corrected chi connectivity index (χ2v) is 8.33. The van der Waals surface area contributed by atoms with E-state index in [1.807, 2.05) is 41.1 Å². The molecule has 3 atom stereocenters. The second-order valence-electron chi connectivity index (χ2n) is 7.55. The summed E-state index contributed by atoms with van der Waals surface area (Å²) in [7, 11) is 0. The van der Waals surface area contributed by atoms with E-state index in [-0.39, 0.29) is 23.8 Å². The molecule has 1 heterocycles. The van der Waals surface area contributed by atoms with E-state index in [9.17, 15) is 14.9 Å². The third kappa shape index (κ3) is 5.68. The van der Waals surface area contributed by atoms with Crippen molar-refractivity contribution in [3.05, 3.63) is 57.8 Å². The van der Waals surface area contributed by atoms with Crippen LogP contribution in [0.5, 0.6) is 0 Å². The first kappa shape index (κ1) is 21.1. The van der Waals surface area contributed by atoms with Crippen molar-refractivity contribution in [2.75, 3.05) is 0 Å². The highest BCUT2D eigenvalue weighted by Gasteiger charge is 2.33. The monoisotopic (exact) mass is 409 g/mol. The average molecular weight is 410 g/mol. The van der Waals surface area contributed by atoms with E-state index < -0.39 is 6.04 Å².